The highest BCUT2D eigenvalue weighted by Crippen LogP contribution is 2.40. The van der Waals surface area contributed by atoms with Gasteiger partial charge in [0.25, 0.3) is 5.56 Å². The summed E-state index contributed by atoms with van der Waals surface area (Å²) in [5.74, 6) is 0.768. The maximum absolute atomic E-state index is 13.1. The van der Waals surface area contributed by atoms with E-state index in [0.29, 0.717) is 18.0 Å². The molecule has 2 aliphatic rings. The van der Waals surface area contributed by atoms with Gasteiger partial charge in [0.1, 0.15) is 23.6 Å². The van der Waals surface area contributed by atoms with E-state index in [1.165, 1.54) is 16.7 Å². The number of carbonyl (C=O) groups is 1. The number of hydrogen-bond donors (Lipinski definition) is 1. The molecule has 1 aliphatic carbocycles. The number of rotatable bonds is 4. The van der Waals surface area contributed by atoms with E-state index in [1.54, 1.807) is 12.1 Å². The van der Waals surface area contributed by atoms with E-state index >= 15 is 0 Å². The Labute approximate surface area is 138 Å². The lowest BCUT2D eigenvalue weighted by Crippen LogP contribution is -2.33. The van der Waals surface area contributed by atoms with Crippen molar-refractivity contribution in [3.8, 4) is 0 Å². The van der Waals surface area contributed by atoms with Crippen LogP contribution in [0.3, 0.4) is 0 Å². The number of benzene rings is 1. The molecule has 1 atom stereocenters. The minimum absolute atomic E-state index is 0.0356. The molecule has 0 amide bonds. The van der Waals surface area contributed by atoms with Crippen LogP contribution in [0.2, 0.25) is 0 Å². The van der Waals surface area contributed by atoms with Crippen molar-refractivity contribution in [1.82, 2.24) is 9.55 Å². The Morgan fingerprint density at radius 2 is 2.00 bits per heavy atom. The van der Waals surface area contributed by atoms with Crippen LogP contribution in [0.5, 0.6) is 0 Å². The molecule has 2 aromatic rings. The summed E-state index contributed by atoms with van der Waals surface area (Å²) >= 11 is 0. The van der Waals surface area contributed by atoms with Crippen molar-refractivity contribution in [1.29, 1.82) is 0 Å². The van der Waals surface area contributed by atoms with Crippen LogP contribution < -0.4 is 10.9 Å². The van der Waals surface area contributed by atoms with Gasteiger partial charge in [-0.2, -0.15) is 0 Å². The summed E-state index contributed by atoms with van der Waals surface area (Å²) in [5, 5.41) is 3.25. The number of nitrogens with one attached hydrogen (secondary N) is 1. The molecule has 124 valence electrons. The Bertz CT molecular complexity index is 841. The summed E-state index contributed by atoms with van der Waals surface area (Å²) in [6.07, 6.45) is 4.28. The Morgan fingerprint density at radius 3 is 2.67 bits per heavy atom. The average molecular weight is 327 g/mol. The molecule has 4 rings (SSSR count). The molecule has 1 saturated carbocycles. The predicted molar refractivity (Wildman–Crippen MR) is 87.6 cm³/mol. The molecule has 24 heavy (non-hydrogen) atoms. The summed E-state index contributed by atoms with van der Waals surface area (Å²) in [4.78, 5) is 28.5. The minimum Gasteiger partial charge on any atom is -0.372 e. The zero-order valence-electron chi connectivity index (χ0n) is 13.2. The molecule has 0 spiro atoms. The fourth-order valence-corrected chi connectivity index (χ4v) is 3.32. The molecule has 1 aliphatic heterocycles. The summed E-state index contributed by atoms with van der Waals surface area (Å²) in [6, 6.07) is 6.25. The molecule has 6 heteroatoms. The van der Waals surface area contributed by atoms with Gasteiger partial charge in [0.05, 0.1) is 18.3 Å². The number of carbonyl (C=O) groups excluding carboxylic acids is 1. The van der Waals surface area contributed by atoms with Crippen LogP contribution in [0, 0.1) is 5.82 Å². The van der Waals surface area contributed by atoms with E-state index in [4.69, 9.17) is 0 Å². The van der Waals surface area contributed by atoms with Gasteiger partial charge in [-0.3, -0.25) is 9.36 Å². The summed E-state index contributed by atoms with van der Waals surface area (Å²) in [7, 11) is 0. The van der Waals surface area contributed by atoms with Crippen LogP contribution >= 0.6 is 0 Å². The second-order valence-electron chi connectivity index (χ2n) is 6.44. The third kappa shape index (κ3) is 2.62. The zero-order valence-corrected chi connectivity index (χ0v) is 13.2. The van der Waals surface area contributed by atoms with Gasteiger partial charge in [0, 0.05) is 5.92 Å². The van der Waals surface area contributed by atoms with E-state index < -0.39 is 0 Å². The smallest absolute Gasteiger partial charge is 0.277 e. The van der Waals surface area contributed by atoms with Gasteiger partial charge < -0.3 is 10.1 Å². The van der Waals surface area contributed by atoms with Crippen molar-refractivity contribution < 1.29 is 9.18 Å². The van der Waals surface area contributed by atoms with Crippen LogP contribution in [-0.2, 0) is 17.8 Å². The van der Waals surface area contributed by atoms with Crippen LogP contribution in [-0.4, -0.2) is 15.8 Å². The van der Waals surface area contributed by atoms with Gasteiger partial charge in [0.2, 0.25) is 0 Å². The maximum atomic E-state index is 13.1. The molecule has 1 N–H and O–H groups in total. The first-order chi connectivity index (χ1) is 11.7. The largest absolute Gasteiger partial charge is 0.372 e. The first-order valence-electron chi connectivity index (χ1n) is 8.26. The van der Waals surface area contributed by atoms with Crippen LogP contribution in [0.15, 0.2) is 29.1 Å². The van der Waals surface area contributed by atoms with Crippen LogP contribution in [0.1, 0.15) is 48.3 Å². The Morgan fingerprint density at radius 1 is 1.25 bits per heavy atom. The van der Waals surface area contributed by atoms with E-state index in [1.807, 2.05) is 0 Å². The van der Waals surface area contributed by atoms with Crippen LogP contribution in [0.4, 0.5) is 10.1 Å². The molecule has 1 aromatic carbocycles. The lowest BCUT2D eigenvalue weighted by molar-refractivity contribution is -0.108. The third-order valence-corrected chi connectivity index (χ3v) is 4.73. The first kappa shape index (κ1) is 15.1. The molecule has 1 unspecified atom stereocenters. The molecular weight excluding hydrogens is 309 g/mol. The van der Waals surface area contributed by atoms with Gasteiger partial charge in [-0.1, -0.05) is 12.1 Å². The van der Waals surface area contributed by atoms with Crippen molar-refractivity contribution in [3.63, 3.8) is 0 Å². The van der Waals surface area contributed by atoms with Crippen molar-refractivity contribution >= 4 is 12.0 Å². The first-order valence-corrected chi connectivity index (χ1v) is 8.26. The van der Waals surface area contributed by atoms with E-state index in [-0.39, 0.29) is 24.0 Å². The molecular formula is C18H18FN3O2. The van der Waals surface area contributed by atoms with Crippen molar-refractivity contribution in [3.05, 3.63) is 57.5 Å². The predicted octanol–water partition coefficient (Wildman–Crippen LogP) is 2.56. The highest BCUT2D eigenvalue weighted by atomic mass is 19.1. The summed E-state index contributed by atoms with van der Waals surface area (Å²) in [5.41, 5.74) is 2.01. The quantitative estimate of drug-likeness (QED) is 0.877. The Balaban J connectivity index is 1.72. The number of hydrogen-bond acceptors (Lipinski definition) is 4. The summed E-state index contributed by atoms with van der Waals surface area (Å²) < 4.78 is 14.6. The average Bonchev–Trinajstić information content (AvgIpc) is 3.43. The molecule has 1 fully saturated rings. The summed E-state index contributed by atoms with van der Waals surface area (Å²) in [6.45, 7) is 0.0356. The number of fused-ring (bicyclic) bond motifs is 1. The van der Waals surface area contributed by atoms with E-state index in [2.05, 4.69) is 10.3 Å². The molecule has 2 heterocycles. The van der Waals surface area contributed by atoms with Gasteiger partial charge >= 0.3 is 0 Å². The highest BCUT2D eigenvalue weighted by molar-refractivity contribution is 5.54. The molecule has 1 aromatic heterocycles. The van der Waals surface area contributed by atoms with Crippen molar-refractivity contribution in [2.24, 2.45) is 0 Å². The third-order valence-electron chi connectivity index (χ3n) is 4.73. The lowest BCUT2D eigenvalue weighted by atomic mass is 9.96. The van der Waals surface area contributed by atoms with Gasteiger partial charge in [-0.15, -0.1) is 0 Å². The van der Waals surface area contributed by atoms with E-state index in [9.17, 15) is 14.0 Å². The molecule has 0 bridgehead atoms. The molecule has 5 nitrogen and oxygen atoms in total. The Hall–Kier alpha value is -2.50. The highest BCUT2D eigenvalue weighted by Gasteiger charge is 2.32. The normalized spacial score (nSPS) is 19.5. The number of aldehydes is 1. The number of aryl methyl sites for hydroxylation is 1. The Kier molecular flexibility index (Phi) is 3.67. The topological polar surface area (TPSA) is 64.0 Å². The standard InChI is InChI=1S/C18H18FN3O2/c19-13-5-3-11(4-6-13)14-7-8-15-16(20-14)18(24)22(9-10-23)17(21-15)12-1-2-12/h3-6,10,12,14,20H,1-2,7-9H2. The zero-order chi connectivity index (χ0) is 16.7. The second kappa shape index (κ2) is 5.85. The molecule has 0 radical (unpaired) electrons. The fourth-order valence-electron chi connectivity index (χ4n) is 3.32. The molecule has 0 saturated heterocycles. The minimum atomic E-state index is -0.279. The second-order valence-corrected chi connectivity index (χ2v) is 6.44. The number of nitrogens with zero attached hydrogens (tertiary/aromatic N) is 2. The maximum Gasteiger partial charge on any atom is 0.277 e. The lowest BCUT2D eigenvalue weighted by Gasteiger charge is -2.27. The van der Waals surface area contributed by atoms with Crippen molar-refractivity contribution in [2.75, 3.05) is 5.32 Å². The van der Waals surface area contributed by atoms with Gasteiger partial charge in [0.15, 0.2) is 0 Å². The van der Waals surface area contributed by atoms with Gasteiger partial charge in [-0.25, -0.2) is 9.37 Å². The van der Waals surface area contributed by atoms with Crippen LogP contribution in [0.25, 0.3) is 0 Å². The number of anilines is 1. The van der Waals surface area contributed by atoms with E-state index in [0.717, 1.165) is 42.6 Å². The SMILES string of the molecule is O=CCn1c(C2CC2)nc2c(c1=O)NC(c1ccc(F)cc1)CC2. The monoisotopic (exact) mass is 327 g/mol. The van der Waals surface area contributed by atoms with Gasteiger partial charge in [-0.05, 0) is 43.4 Å². The number of aromatic nitrogens is 2. The number of halogens is 1. The van der Waals surface area contributed by atoms with Crippen molar-refractivity contribution in [2.45, 2.75) is 44.2 Å². The fraction of sp³-hybridized carbons (Fsp3) is 0.389.